The van der Waals surface area contributed by atoms with Crippen molar-refractivity contribution in [2.75, 3.05) is 11.9 Å². The van der Waals surface area contributed by atoms with Crippen LogP contribution in [0.1, 0.15) is 18.4 Å². The van der Waals surface area contributed by atoms with Crippen LogP contribution in [0.15, 0.2) is 42.7 Å². The van der Waals surface area contributed by atoms with Crippen molar-refractivity contribution in [1.82, 2.24) is 9.78 Å². The standard InChI is InChI=1S/C14H17N3O2/c18-10-3-7-14(19)16-13-6-2-1-5-12(13)11-17-9-4-8-15-17/h1-2,4-6,8-9,18H,3,7,10-11H2,(H,16,19). The van der Waals surface area contributed by atoms with Crippen molar-refractivity contribution in [1.29, 1.82) is 0 Å². The molecule has 0 aliphatic rings. The SMILES string of the molecule is O=C(CCCO)Nc1ccccc1Cn1cccn1. The molecule has 19 heavy (non-hydrogen) atoms. The number of aliphatic hydroxyl groups is 1. The Morgan fingerprint density at radius 3 is 2.89 bits per heavy atom. The lowest BCUT2D eigenvalue weighted by atomic mass is 10.1. The summed E-state index contributed by atoms with van der Waals surface area (Å²) in [6.07, 6.45) is 4.41. The van der Waals surface area contributed by atoms with Gasteiger partial charge in [0.25, 0.3) is 0 Å². The molecule has 0 unspecified atom stereocenters. The predicted octanol–water partition coefficient (Wildman–Crippen LogP) is 1.64. The number of rotatable bonds is 6. The normalized spacial score (nSPS) is 10.4. The molecule has 5 heteroatoms. The van der Waals surface area contributed by atoms with Crippen molar-refractivity contribution in [3.8, 4) is 0 Å². The van der Waals surface area contributed by atoms with Crippen LogP contribution in [0.5, 0.6) is 0 Å². The third-order valence-electron chi connectivity index (χ3n) is 2.74. The molecule has 0 bridgehead atoms. The van der Waals surface area contributed by atoms with Crippen molar-refractivity contribution < 1.29 is 9.90 Å². The average Bonchev–Trinajstić information content (AvgIpc) is 2.91. The van der Waals surface area contributed by atoms with Crippen LogP contribution in [0.3, 0.4) is 0 Å². The van der Waals surface area contributed by atoms with Gasteiger partial charge in [-0.3, -0.25) is 9.48 Å². The monoisotopic (exact) mass is 259 g/mol. The maximum Gasteiger partial charge on any atom is 0.224 e. The molecule has 0 fully saturated rings. The number of benzene rings is 1. The van der Waals surface area contributed by atoms with E-state index < -0.39 is 0 Å². The molecule has 1 aromatic carbocycles. The van der Waals surface area contributed by atoms with Gasteiger partial charge in [-0.05, 0) is 24.1 Å². The Balaban J connectivity index is 2.05. The molecule has 2 N–H and O–H groups in total. The van der Waals surface area contributed by atoms with Crippen molar-refractivity contribution in [2.45, 2.75) is 19.4 Å². The van der Waals surface area contributed by atoms with Crippen LogP contribution in [-0.4, -0.2) is 27.4 Å². The molecule has 1 aromatic heterocycles. The van der Waals surface area contributed by atoms with Gasteiger partial charge in [-0.15, -0.1) is 0 Å². The molecule has 2 rings (SSSR count). The molecular formula is C14H17N3O2. The lowest BCUT2D eigenvalue weighted by molar-refractivity contribution is -0.116. The smallest absolute Gasteiger partial charge is 0.224 e. The van der Waals surface area contributed by atoms with E-state index in [0.717, 1.165) is 11.3 Å². The summed E-state index contributed by atoms with van der Waals surface area (Å²) in [6.45, 7) is 0.645. The van der Waals surface area contributed by atoms with Crippen LogP contribution in [-0.2, 0) is 11.3 Å². The number of para-hydroxylation sites is 1. The fourth-order valence-corrected chi connectivity index (χ4v) is 1.80. The fraction of sp³-hybridized carbons (Fsp3) is 0.286. The zero-order valence-electron chi connectivity index (χ0n) is 10.6. The molecule has 0 saturated carbocycles. The van der Waals surface area contributed by atoms with Crippen molar-refractivity contribution >= 4 is 11.6 Å². The lowest BCUT2D eigenvalue weighted by Gasteiger charge is -2.11. The Morgan fingerprint density at radius 2 is 2.16 bits per heavy atom. The average molecular weight is 259 g/mol. The van der Waals surface area contributed by atoms with Gasteiger partial charge in [0.1, 0.15) is 0 Å². The Morgan fingerprint density at radius 1 is 1.32 bits per heavy atom. The van der Waals surface area contributed by atoms with Crippen LogP contribution in [0.2, 0.25) is 0 Å². The van der Waals surface area contributed by atoms with Gasteiger partial charge in [0.15, 0.2) is 0 Å². The molecule has 1 heterocycles. The number of aromatic nitrogens is 2. The summed E-state index contributed by atoms with van der Waals surface area (Å²) >= 11 is 0. The molecule has 0 spiro atoms. The maximum absolute atomic E-state index is 11.7. The molecule has 0 aliphatic carbocycles. The molecule has 0 radical (unpaired) electrons. The quantitative estimate of drug-likeness (QED) is 0.828. The minimum Gasteiger partial charge on any atom is -0.396 e. The first-order valence-electron chi connectivity index (χ1n) is 6.25. The molecular weight excluding hydrogens is 242 g/mol. The van der Waals surface area contributed by atoms with Gasteiger partial charge in [0, 0.05) is 31.1 Å². The van der Waals surface area contributed by atoms with Gasteiger partial charge in [-0.2, -0.15) is 5.10 Å². The molecule has 0 saturated heterocycles. The summed E-state index contributed by atoms with van der Waals surface area (Å²) in [5, 5.41) is 15.7. The van der Waals surface area contributed by atoms with E-state index >= 15 is 0 Å². The zero-order chi connectivity index (χ0) is 13.5. The number of hydrogen-bond acceptors (Lipinski definition) is 3. The summed E-state index contributed by atoms with van der Waals surface area (Å²) < 4.78 is 1.80. The van der Waals surface area contributed by atoms with Gasteiger partial charge >= 0.3 is 0 Å². The highest BCUT2D eigenvalue weighted by molar-refractivity contribution is 5.91. The number of aliphatic hydroxyl groups excluding tert-OH is 1. The molecule has 100 valence electrons. The van der Waals surface area contributed by atoms with Gasteiger partial charge < -0.3 is 10.4 Å². The first kappa shape index (κ1) is 13.3. The van der Waals surface area contributed by atoms with Gasteiger partial charge in [0.2, 0.25) is 5.91 Å². The van der Waals surface area contributed by atoms with E-state index in [1.807, 2.05) is 36.5 Å². The van der Waals surface area contributed by atoms with Crippen LogP contribution in [0, 0.1) is 0 Å². The highest BCUT2D eigenvalue weighted by Crippen LogP contribution is 2.16. The van der Waals surface area contributed by atoms with E-state index in [4.69, 9.17) is 5.11 Å². The van der Waals surface area contributed by atoms with E-state index in [1.165, 1.54) is 0 Å². The highest BCUT2D eigenvalue weighted by Gasteiger charge is 2.06. The summed E-state index contributed by atoms with van der Waals surface area (Å²) in [5.41, 5.74) is 1.80. The Hall–Kier alpha value is -2.14. The van der Waals surface area contributed by atoms with Gasteiger partial charge in [-0.25, -0.2) is 0 Å². The van der Waals surface area contributed by atoms with Gasteiger partial charge in [0.05, 0.1) is 6.54 Å². The number of anilines is 1. The largest absolute Gasteiger partial charge is 0.396 e. The van der Waals surface area contributed by atoms with E-state index in [9.17, 15) is 4.79 Å². The summed E-state index contributed by atoms with van der Waals surface area (Å²) in [4.78, 5) is 11.7. The number of carbonyl (C=O) groups excluding carboxylic acids is 1. The van der Waals surface area contributed by atoms with Crippen molar-refractivity contribution in [3.05, 3.63) is 48.3 Å². The summed E-state index contributed by atoms with van der Waals surface area (Å²) in [7, 11) is 0. The van der Waals surface area contributed by atoms with E-state index in [1.54, 1.807) is 10.9 Å². The number of nitrogens with one attached hydrogen (secondary N) is 1. The van der Waals surface area contributed by atoms with E-state index in [-0.39, 0.29) is 12.5 Å². The number of nitrogens with zero attached hydrogens (tertiary/aromatic N) is 2. The second kappa shape index (κ2) is 6.70. The predicted molar refractivity (Wildman–Crippen MR) is 72.7 cm³/mol. The van der Waals surface area contributed by atoms with Crippen molar-refractivity contribution in [2.24, 2.45) is 0 Å². The van der Waals surface area contributed by atoms with Crippen LogP contribution in [0.25, 0.3) is 0 Å². The lowest BCUT2D eigenvalue weighted by Crippen LogP contribution is -2.14. The summed E-state index contributed by atoms with van der Waals surface area (Å²) in [6, 6.07) is 9.51. The number of carbonyl (C=O) groups is 1. The fourth-order valence-electron chi connectivity index (χ4n) is 1.80. The molecule has 5 nitrogen and oxygen atoms in total. The Labute approximate surface area is 111 Å². The van der Waals surface area contributed by atoms with E-state index in [0.29, 0.717) is 19.4 Å². The Bertz CT molecular complexity index is 523. The second-order valence-corrected chi connectivity index (χ2v) is 4.24. The van der Waals surface area contributed by atoms with Crippen molar-refractivity contribution in [3.63, 3.8) is 0 Å². The van der Waals surface area contributed by atoms with E-state index in [2.05, 4.69) is 10.4 Å². The maximum atomic E-state index is 11.7. The van der Waals surface area contributed by atoms with Crippen LogP contribution < -0.4 is 5.32 Å². The third kappa shape index (κ3) is 3.93. The third-order valence-corrected chi connectivity index (χ3v) is 2.74. The molecule has 0 aliphatic heterocycles. The Kier molecular flexibility index (Phi) is 4.69. The van der Waals surface area contributed by atoms with Gasteiger partial charge in [-0.1, -0.05) is 18.2 Å². The molecule has 0 atom stereocenters. The molecule has 1 amide bonds. The minimum atomic E-state index is -0.0815. The topological polar surface area (TPSA) is 67.2 Å². The van der Waals surface area contributed by atoms with Crippen LogP contribution >= 0.6 is 0 Å². The second-order valence-electron chi connectivity index (χ2n) is 4.24. The highest BCUT2D eigenvalue weighted by atomic mass is 16.3. The minimum absolute atomic E-state index is 0.0301. The first-order valence-corrected chi connectivity index (χ1v) is 6.25. The first-order chi connectivity index (χ1) is 9.29. The number of amides is 1. The number of hydrogen-bond donors (Lipinski definition) is 2. The zero-order valence-corrected chi connectivity index (χ0v) is 10.6. The summed E-state index contributed by atoms with van der Waals surface area (Å²) in [5.74, 6) is -0.0815. The molecule has 2 aromatic rings. The van der Waals surface area contributed by atoms with Crippen LogP contribution in [0.4, 0.5) is 5.69 Å².